The Kier molecular flexibility index (Phi) is 4.06. The summed E-state index contributed by atoms with van der Waals surface area (Å²) in [6, 6.07) is 0. The van der Waals surface area contributed by atoms with Gasteiger partial charge in [-0.2, -0.15) is 0 Å². The van der Waals surface area contributed by atoms with Crippen LogP contribution in [0.1, 0.15) is 6.42 Å². The summed E-state index contributed by atoms with van der Waals surface area (Å²) < 4.78 is 10.1. The Balaban J connectivity index is 3.18. The molecule has 0 aromatic rings. The minimum Gasteiger partial charge on any atom is -0.396 e. The number of hydrogen-bond acceptors (Lipinski definition) is 2. The molecule has 3 N–H and O–H groups in total. The SMILES string of the molecule is O=P(O)(O)CC[CH]CO. The minimum absolute atomic E-state index is 0.125. The van der Waals surface area contributed by atoms with E-state index in [0.717, 1.165) is 0 Å². The number of aliphatic hydroxyl groups is 1. The number of aliphatic hydroxyl groups excluding tert-OH is 1. The lowest BCUT2D eigenvalue weighted by molar-refractivity contribution is 0.323. The van der Waals surface area contributed by atoms with Gasteiger partial charge < -0.3 is 14.9 Å². The quantitative estimate of drug-likeness (QED) is 0.384. The van der Waals surface area contributed by atoms with Gasteiger partial charge in [-0.25, -0.2) is 0 Å². The zero-order chi connectivity index (χ0) is 7.33. The van der Waals surface area contributed by atoms with E-state index in [9.17, 15) is 4.57 Å². The first-order valence-electron chi connectivity index (χ1n) is 2.53. The topological polar surface area (TPSA) is 77.8 Å². The summed E-state index contributed by atoms with van der Waals surface area (Å²) in [5.74, 6) is 0. The second kappa shape index (κ2) is 4.01. The second-order valence-electron chi connectivity index (χ2n) is 1.65. The van der Waals surface area contributed by atoms with E-state index in [0.29, 0.717) is 0 Å². The smallest absolute Gasteiger partial charge is 0.325 e. The molecule has 5 heteroatoms. The fraction of sp³-hybridized carbons (Fsp3) is 0.750. The highest BCUT2D eigenvalue weighted by Gasteiger charge is 2.10. The van der Waals surface area contributed by atoms with Crippen molar-refractivity contribution in [3.63, 3.8) is 0 Å². The van der Waals surface area contributed by atoms with Crippen LogP contribution >= 0.6 is 7.60 Å². The molecule has 0 atom stereocenters. The lowest BCUT2D eigenvalue weighted by atomic mass is 10.4. The first-order valence-corrected chi connectivity index (χ1v) is 4.33. The van der Waals surface area contributed by atoms with Crippen molar-refractivity contribution in [2.24, 2.45) is 0 Å². The van der Waals surface area contributed by atoms with Gasteiger partial charge in [-0.05, 0) is 12.8 Å². The van der Waals surface area contributed by atoms with Crippen LogP contribution in [0.5, 0.6) is 0 Å². The van der Waals surface area contributed by atoms with Crippen LogP contribution in [-0.4, -0.2) is 27.7 Å². The molecule has 55 valence electrons. The van der Waals surface area contributed by atoms with Gasteiger partial charge in [0.05, 0.1) is 6.16 Å². The van der Waals surface area contributed by atoms with Gasteiger partial charge in [0.1, 0.15) is 0 Å². The zero-order valence-electron chi connectivity index (χ0n) is 4.90. The third kappa shape index (κ3) is 8.11. The summed E-state index contributed by atoms with van der Waals surface area (Å²) in [4.78, 5) is 16.5. The largest absolute Gasteiger partial charge is 0.396 e. The highest BCUT2D eigenvalue weighted by Crippen LogP contribution is 2.34. The van der Waals surface area contributed by atoms with Crippen LogP contribution in [-0.2, 0) is 4.57 Å². The van der Waals surface area contributed by atoms with Gasteiger partial charge in [-0.3, -0.25) is 4.57 Å². The van der Waals surface area contributed by atoms with Crippen molar-refractivity contribution in [3.8, 4) is 0 Å². The van der Waals surface area contributed by atoms with Crippen LogP contribution in [0, 0.1) is 6.42 Å². The molecule has 0 aromatic heterocycles. The van der Waals surface area contributed by atoms with Gasteiger partial charge in [0.15, 0.2) is 0 Å². The Hall–Kier alpha value is 0.110. The molecule has 0 bridgehead atoms. The molecule has 0 unspecified atom stereocenters. The summed E-state index contributed by atoms with van der Waals surface area (Å²) in [6.07, 6.45) is 1.51. The third-order valence-electron chi connectivity index (χ3n) is 0.754. The fourth-order valence-electron chi connectivity index (χ4n) is 0.351. The van der Waals surface area contributed by atoms with E-state index in [1.54, 1.807) is 0 Å². The predicted octanol–water partition coefficient (Wildman–Crippen LogP) is -0.249. The minimum atomic E-state index is -3.84. The van der Waals surface area contributed by atoms with Crippen molar-refractivity contribution >= 4 is 7.60 Å². The summed E-state index contributed by atoms with van der Waals surface area (Å²) >= 11 is 0. The monoisotopic (exact) mass is 153 g/mol. The average molecular weight is 153 g/mol. The van der Waals surface area contributed by atoms with Gasteiger partial charge in [-0.15, -0.1) is 0 Å². The summed E-state index contributed by atoms with van der Waals surface area (Å²) in [6.45, 7) is -0.125. The van der Waals surface area contributed by atoms with Crippen LogP contribution < -0.4 is 0 Å². The van der Waals surface area contributed by atoms with Crippen LogP contribution in [0.25, 0.3) is 0 Å². The van der Waals surface area contributed by atoms with Gasteiger partial charge in [0.2, 0.25) is 0 Å². The average Bonchev–Trinajstić information content (AvgIpc) is 1.63. The molecule has 4 nitrogen and oxygen atoms in total. The Morgan fingerprint density at radius 1 is 1.44 bits per heavy atom. The van der Waals surface area contributed by atoms with E-state index >= 15 is 0 Å². The molecule has 0 amide bonds. The first kappa shape index (κ1) is 9.11. The van der Waals surface area contributed by atoms with Crippen LogP contribution in [0.2, 0.25) is 0 Å². The van der Waals surface area contributed by atoms with Crippen LogP contribution in [0.15, 0.2) is 0 Å². The molecule has 9 heavy (non-hydrogen) atoms. The lowest BCUT2D eigenvalue weighted by Gasteiger charge is -1.99. The number of unbranched alkanes of at least 4 members (excludes halogenated alkanes) is 1. The molecule has 1 radical (unpaired) electrons. The molecule has 0 aromatic carbocycles. The fourth-order valence-corrected chi connectivity index (χ4v) is 0.870. The van der Waals surface area contributed by atoms with E-state index < -0.39 is 7.60 Å². The highest BCUT2D eigenvalue weighted by atomic mass is 31.2. The van der Waals surface area contributed by atoms with Crippen molar-refractivity contribution in [2.75, 3.05) is 12.8 Å². The maximum absolute atomic E-state index is 10.1. The van der Waals surface area contributed by atoms with E-state index in [1.165, 1.54) is 6.42 Å². The Morgan fingerprint density at radius 3 is 2.33 bits per heavy atom. The van der Waals surface area contributed by atoms with Crippen molar-refractivity contribution in [2.45, 2.75) is 6.42 Å². The second-order valence-corrected chi connectivity index (χ2v) is 3.42. The van der Waals surface area contributed by atoms with Crippen LogP contribution in [0.4, 0.5) is 0 Å². The Labute approximate surface area is 53.7 Å². The molecule has 0 aliphatic carbocycles. The van der Waals surface area contributed by atoms with E-state index in [-0.39, 0.29) is 19.2 Å². The maximum atomic E-state index is 10.1. The zero-order valence-corrected chi connectivity index (χ0v) is 5.79. The van der Waals surface area contributed by atoms with Crippen molar-refractivity contribution < 1.29 is 19.5 Å². The molecular weight excluding hydrogens is 143 g/mol. The molecule has 0 saturated heterocycles. The molecular formula is C4H10O4P. The maximum Gasteiger partial charge on any atom is 0.325 e. The summed E-state index contributed by atoms with van der Waals surface area (Å²) in [7, 11) is -3.84. The van der Waals surface area contributed by atoms with E-state index in [4.69, 9.17) is 14.9 Å². The van der Waals surface area contributed by atoms with Crippen molar-refractivity contribution in [1.82, 2.24) is 0 Å². The number of rotatable bonds is 4. The van der Waals surface area contributed by atoms with Crippen LogP contribution in [0.3, 0.4) is 0 Å². The van der Waals surface area contributed by atoms with Gasteiger partial charge >= 0.3 is 7.60 Å². The molecule has 0 aliphatic rings. The molecule has 0 fully saturated rings. The van der Waals surface area contributed by atoms with Crippen molar-refractivity contribution in [3.05, 3.63) is 6.42 Å². The lowest BCUT2D eigenvalue weighted by Crippen LogP contribution is -1.90. The molecule has 0 rings (SSSR count). The summed E-state index contributed by atoms with van der Waals surface area (Å²) in [5.41, 5.74) is 0. The molecule has 0 saturated carbocycles. The van der Waals surface area contributed by atoms with Crippen molar-refractivity contribution in [1.29, 1.82) is 0 Å². The number of hydrogen-bond donors (Lipinski definition) is 3. The third-order valence-corrected chi connectivity index (χ3v) is 1.59. The van der Waals surface area contributed by atoms with E-state index in [1.807, 2.05) is 0 Å². The first-order chi connectivity index (χ1) is 4.06. The molecule has 0 aliphatic heterocycles. The Bertz CT molecular complexity index is 107. The standard InChI is InChI=1S/C4H10O4P/c5-3-1-2-4-9(6,7)8/h1,5H,2-4H2,(H2,6,7,8). The molecule has 0 heterocycles. The Morgan fingerprint density at radius 2 is 2.00 bits per heavy atom. The van der Waals surface area contributed by atoms with Gasteiger partial charge in [0.25, 0.3) is 0 Å². The molecule has 0 spiro atoms. The summed E-state index contributed by atoms with van der Waals surface area (Å²) in [5, 5.41) is 8.15. The predicted molar refractivity (Wildman–Crippen MR) is 32.9 cm³/mol. The highest BCUT2D eigenvalue weighted by molar-refractivity contribution is 7.51. The normalized spacial score (nSPS) is 11.9. The van der Waals surface area contributed by atoms with Gasteiger partial charge in [0, 0.05) is 6.61 Å². The van der Waals surface area contributed by atoms with Gasteiger partial charge in [-0.1, -0.05) is 0 Å². The van der Waals surface area contributed by atoms with E-state index in [2.05, 4.69) is 0 Å².